The van der Waals surface area contributed by atoms with Crippen LogP contribution in [-0.4, -0.2) is 7.11 Å². The van der Waals surface area contributed by atoms with Crippen LogP contribution in [0.25, 0.3) is 0 Å². The van der Waals surface area contributed by atoms with E-state index < -0.39 is 0 Å². The molecule has 0 aromatic heterocycles. The maximum atomic E-state index is 5.21. The average molecular weight is 272 g/mol. The molecule has 20 heavy (non-hydrogen) atoms. The van der Waals surface area contributed by atoms with Gasteiger partial charge in [-0.2, -0.15) is 11.0 Å². The van der Waals surface area contributed by atoms with Gasteiger partial charge < -0.3 is 15.4 Å². The predicted octanol–water partition coefficient (Wildman–Crippen LogP) is 2.36. The van der Waals surface area contributed by atoms with Crippen molar-refractivity contribution in [2.75, 3.05) is 7.11 Å². The fourth-order valence-electron chi connectivity index (χ4n) is 1.91. The third kappa shape index (κ3) is 3.04. The number of rotatable bonds is 5. The SMILES string of the molecule is COc1ccc(C(N=NN)c2ccc(ON)cc2)cc1. The second-order valence-electron chi connectivity index (χ2n) is 4.09. The van der Waals surface area contributed by atoms with Gasteiger partial charge in [0.25, 0.3) is 0 Å². The minimum Gasteiger partial charge on any atom is -0.497 e. The number of hydrogen-bond donors (Lipinski definition) is 2. The molecule has 1 unspecified atom stereocenters. The molecule has 0 heterocycles. The summed E-state index contributed by atoms with van der Waals surface area (Å²) >= 11 is 0. The van der Waals surface area contributed by atoms with E-state index in [1.807, 2.05) is 36.4 Å². The van der Waals surface area contributed by atoms with Crippen LogP contribution < -0.4 is 21.3 Å². The normalized spacial score (nSPS) is 12.3. The first-order valence-corrected chi connectivity index (χ1v) is 5.99. The van der Waals surface area contributed by atoms with E-state index in [0.717, 1.165) is 16.9 Å². The van der Waals surface area contributed by atoms with Crippen molar-refractivity contribution in [3.05, 3.63) is 59.7 Å². The van der Waals surface area contributed by atoms with Crippen LogP contribution in [0.2, 0.25) is 0 Å². The Morgan fingerprint density at radius 2 is 1.40 bits per heavy atom. The Morgan fingerprint density at radius 3 is 1.80 bits per heavy atom. The molecular formula is C14H16N4O2. The molecule has 104 valence electrons. The van der Waals surface area contributed by atoms with Gasteiger partial charge in [-0.3, -0.25) is 0 Å². The lowest BCUT2D eigenvalue weighted by Gasteiger charge is -2.12. The predicted molar refractivity (Wildman–Crippen MR) is 75.1 cm³/mol. The molecular weight excluding hydrogens is 256 g/mol. The van der Waals surface area contributed by atoms with E-state index in [1.54, 1.807) is 19.2 Å². The summed E-state index contributed by atoms with van der Waals surface area (Å²) in [6, 6.07) is 14.6. The quantitative estimate of drug-likeness (QED) is 0.496. The van der Waals surface area contributed by atoms with Crippen LogP contribution in [0.5, 0.6) is 11.5 Å². The minimum atomic E-state index is -0.280. The average Bonchev–Trinajstić information content (AvgIpc) is 2.53. The Hall–Kier alpha value is -2.60. The van der Waals surface area contributed by atoms with Crippen LogP contribution in [0.4, 0.5) is 0 Å². The van der Waals surface area contributed by atoms with Crippen LogP contribution in [0.3, 0.4) is 0 Å². The molecule has 0 aliphatic carbocycles. The van der Waals surface area contributed by atoms with E-state index in [2.05, 4.69) is 15.2 Å². The van der Waals surface area contributed by atoms with Gasteiger partial charge in [-0.05, 0) is 35.4 Å². The number of hydrogen-bond acceptors (Lipinski definition) is 5. The van der Waals surface area contributed by atoms with Crippen molar-refractivity contribution in [2.24, 2.45) is 22.1 Å². The fraction of sp³-hybridized carbons (Fsp3) is 0.143. The lowest BCUT2D eigenvalue weighted by Crippen LogP contribution is -2.03. The molecule has 0 bridgehead atoms. The number of nitrogens with two attached hydrogens (primary N) is 2. The van der Waals surface area contributed by atoms with Crippen molar-refractivity contribution in [3.8, 4) is 11.5 Å². The van der Waals surface area contributed by atoms with Crippen molar-refractivity contribution in [1.29, 1.82) is 0 Å². The topological polar surface area (TPSA) is 95.2 Å². The van der Waals surface area contributed by atoms with Crippen molar-refractivity contribution in [2.45, 2.75) is 6.04 Å². The molecule has 0 amide bonds. The largest absolute Gasteiger partial charge is 0.497 e. The van der Waals surface area contributed by atoms with E-state index in [0.29, 0.717) is 5.75 Å². The number of benzene rings is 2. The van der Waals surface area contributed by atoms with Crippen molar-refractivity contribution in [1.82, 2.24) is 0 Å². The van der Waals surface area contributed by atoms with Crippen molar-refractivity contribution < 1.29 is 9.57 Å². The molecule has 2 aromatic rings. The molecule has 0 spiro atoms. The van der Waals surface area contributed by atoms with Crippen LogP contribution in [0, 0.1) is 0 Å². The summed E-state index contributed by atoms with van der Waals surface area (Å²) < 4.78 is 5.14. The zero-order valence-corrected chi connectivity index (χ0v) is 11.1. The van der Waals surface area contributed by atoms with Crippen molar-refractivity contribution >= 4 is 0 Å². The first-order valence-electron chi connectivity index (χ1n) is 5.99. The van der Waals surface area contributed by atoms with Gasteiger partial charge in [0.15, 0.2) is 0 Å². The summed E-state index contributed by atoms with van der Waals surface area (Å²) in [7, 11) is 1.62. The molecule has 0 fully saturated rings. The molecule has 0 radical (unpaired) electrons. The van der Waals surface area contributed by atoms with Gasteiger partial charge >= 0.3 is 0 Å². The van der Waals surface area contributed by atoms with Crippen LogP contribution >= 0.6 is 0 Å². The van der Waals surface area contributed by atoms with Crippen LogP contribution in [0.15, 0.2) is 58.9 Å². The summed E-state index contributed by atoms with van der Waals surface area (Å²) in [5.41, 5.74) is 1.89. The Balaban J connectivity index is 2.33. The molecule has 1 atom stereocenters. The molecule has 0 saturated carbocycles. The van der Waals surface area contributed by atoms with E-state index in [1.165, 1.54) is 0 Å². The number of nitrogens with zero attached hydrogens (tertiary/aromatic N) is 2. The Kier molecular flexibility index (Phi) is 4.52. The highest BCUT2D eigenvalue weighted by Gasteiger charge is 2.13. The highest BCUT2D eigenvalue weighted by atomic mass is 16.6. The molecule has 0 aliphatic rings. The van der Waals surface area contributed by atoms with Gasteiger partial charge in [0.05, 0.1) is 7.11 Å². The number of ether oxygens (including phenoxy) is 1. The lowest BCUT2D eigenvalue weighted by molar-refractivity contribution is 0.334. The van der Waals surface area contributed by atoms with Gasteiger partial charge in [0.2, 0.25) is 0 Å². The standard InChI is InChI=1S/C14H16N4O2/c1-19-12-6-2-10(3-7-12)14(17-18-15)11-4-8-13(20-16)9-5-11/h2-9,14H,16H2,1H3,(H2,15,17). The molecule has 0 aliphatic heterocycles. The summed E-state index contributed by atoms with van der Waals surface area (Å²) in [5, 5.41) is 7.48. The zero-order chi connectivity index (χ0) is 14.4. The first-order chi connectivity index (χ1) is 9.78. The van der Waals surface area contributed by atoms with Crippen LogP contribution in [-0.2, 0) is 0 Å². The van der Waals surface area contributed by atoms with Crippen molar-refractivity contribution in [3.63, 3.8) is 0 Å². The maximum Gasteiger partial charge on any atom is 0.146 e. The molecule has 2 aromatic carbocycles. The number of methoxy groups -OCH3 is 1. The zero-order valence-electron chi connectivity index (χ0n) is 11.1. The second-order valence-corrected chi connectivity index (χ2v) is 4.09. The first kappa shape index (κ1) is 13.8. The third-order valence-electron chi connectivity index (χ3n) is 2.95. The summed E-state index contributed by atoms with van der Waals surface area (Å²) in [5.74, 6) is 11.7. The van der Waals surface area contributed by atoms with E-state index in [-0.39, 0.29) is 6.04 Å². The maximum absolute atomic E-state index is 5.21. The minimum absolute atomic E-state index is 0.280. The van der Waals surface area contributed by atoms with Crippen LogP contribution in [0.1, 0.15) is 17.2 Å². The monoisotopic (exact) mass is 272 g/mol. The molecule has 0 saturated heterocycles. The van der Waals surface area contributed by atoms with Gasteiger partial charge in [-0.25, -0.2) is 0 Å². The third-order valence-corrected chi connectivity index (χ3v) is 2.95. The summed E-state index contributed by atoms with van der Waals surface area (Å²) in [6.07, 6.45) is 0. The van der Waals surface area contributed by atoms with Gasteiger partial charge in [0, 0.05) is 0 Å². The highest BCUT2D eigenvalue weighted by molar-refractivity contribution is 5.37. The smallest absolute Gasteiger partial charge is 0.146 e. The second kappa shape index (κ2) is 6.53. The van der Waals surface area contributed by atoms with E-state index in [4.69, 9.17) is 16.5 Å². The van der Waals surface area contributed by atoms with Gasteiger partial charge in [-0.1, -0.05) is 29.5 Å². The fourth-order valence-corrected chi connectivity index (χ4v) is 1.91. The van der Waals surface area contributed by atoms with Gasteiger partial charge in [0.1, 0.15) is 17.5 Å². The summed E-state index contributed by atoms with van der Waals surface area (Å²) in [4.78, 5) is 4.65. The summed E-state index contributed by atoms with van der Waals surface area (Å²) in [6.45, 7) is 0. The van der Waals surface area contributed by atoms with E-state index in [9.17, 15) is 0 Å². The highest BCUT2D eigenvalue weighted by Crippen LogP contribution is 2.28. The molecule has 4 N–H and O–H groups in total. The molecule has 6 nitrogen and oxygen atoms in total. The molecule has 2 rings (SSSR count). The lowest BCUT2D eigenvalue weighted by atomic mass is 9.99. The Bertz CT molecular complexity index is 519. The molecule has 6 heteroatoms. The Labute approximate surface area is 116 Å². The van der Waals surface area contributed by atoms with Gasteiger partial charge in [-0.15, -0.1) is 0 Å². The Morgan fingerprint density at radius 1 is 0.900 bits per heavy atom. The van der Waals surface area contributed by atoms with E-state index >= 15 is 0 Å².